The summed E-state index contributed by atoms with van der Waals surface area (Å²) in [6.45, 7) is 3.45. The lowest BCUT2D eigenvalue weighted by Gasteiger charge is -2.11. The quantitative estimate of drug-likeness (QED) is 0.431. The molecule has 28 heavy (non-hydrogen) atoms. The van der Waals surface area contributed by atoms with Crippen molar-refractivity contribution in [1.29, 1.82) is 0 Å². The number of methoxy groups -OCH3 is 1. The molecule has 9 nitrogen and oxygen atoms in total. The molecule has 0 spiro atoms. The number of hydrogen-bond acceptors (Lipinski definition) is 6. The molecule has 2 N–H and O–H groups in total. The van der Waals surface area contributed by atoms with E-state index in [4.69, 9.17) is 4.74 Å². The van der Waals surface area contributed by atoms with Gasteiger partial charge in [-0.3, -0.25) is 19.7 Å². The van der Waals surface area contributed by atoms with Crippen molar-refractivity contribution in [3.05, 3.63) is 63.7 Å². The Hall–Kier alpha value is -3.75. The number of aryl methyl sites for hydroxylation is 1. The molecule has 0 saturated carbocycles. The van der Waals surface area contributed by atoms with Crippen LogP contribution in [0.3, 0.4) is 0 Å². The van der Waals surface area contributed by atoms with E-state index in [1.165, 1.54) is 31.4 Å². The minimum absolute atomic E-state index is 0.0751. The first-order valence-electron chi connectivity index (χ1n) is 8.33. The van der Waals surface area contributed by atoms with E-state index >= 15 is 0 Å². The number of para-hydroxylation sites is 1. The average Bonchev–Trinajstić information content (AvgIpc) is 2.66. The van der Waals surface area contributed by atoms with Gasteiger partial charge in [0.2, 0.25) is 5.91 Å². The van der Waals surface area contributed by atoms with E-state index < -0.39 is 10.8 Å². The van der Waals surface area contributed by atoms with Crippen LogP contribution in [0.1, 0.15) is 29.3 Å². The summed E-state index contributed by atoms with van der Waals surface area (Å²) in [6.07, 6.45) is -0.0751. The lowest BCUT2D eigenvalue weighted by Crippen LogP contribution is -2.22. The molecular formula is C19H20N4O5. The minimum atomic E-state index is -0.729. The summed E-state index contributed by atoms with van der Waals surface area (Å²) in [5.41, 5.74) is 3.62. The highest BCUT2D eigenvalue weighted by Crippen LogP contribution is 2.25. The molecule has 0 atom stereocenters. The molecular weight excluding hydrogens is 364 g/mol. The van der Waals surface area contributed by atoms with Crippen LogP contribution in [0.15, 0.2) is 47.6 Å². The van der Waals surface area contributed by atoms with Crippen LogP contribution in [0.5, 0.6) is 5.75 Å². The molecule has 9 heteroatoms. The van der Waals surface area contributed by atoms with Gasteiger partial charge >= 0.3 is 0 Å². The normalized spacial score (nSPS) is 10.9. The van der Waals surface area contributed by atoms with E-state index in [1.54, 1.807) is 19.1 Å². The van der Waals surface area contributed by atoms with Gasteiger partial charge in [-0.05, 0) is 37.6 Å². The Morgan fingerprint density at radius 1 is 1.21 bits per heavy atom. The highest BCUT2D eigenvalue weighted by Gasteiger charge is 2.19. The van der Waals surface area contributed by atoms with Crippen LogP contribution in [-0.2, 0) is 4.79 Å². The molecule has 0 bridgehead atoms. The first-order chi connectivity index (χ1) is 13.3. The molecule has 0 saturated heterocycles. The monoisotopic (exact) mass is 384 g/mol. The van der Waals surface area contributed by atoms with Crippen molar-refractivity contribution in [2.75, 3.05) is 12.4 Å². The number of nitrogens with one attached hydrogen (secondary N) is 2. The number of nitrogens with zero attached hydrogens (tertiary/aromatic N) is 2. The fraction of sp³-hybridized carbons (Fsp3) is 0.211. The first-order valence-corrected chi connectivity index (χ1v) is 8.33. The molecule has 0 unspecified atom stereocenters. The van der Waals surface area contributed by atoms with Gasteiger partial charge in [-0.1, -0.05) is 18.2 Å². The summed E-state index contributed by atoms with van der Waals surface area (Å²) in [6, 6.07) is 10.9. The molecule has 0 fully saturated rings. The van der Waals surface area contributed by atoms with Crippen LogP contribution >= 0.6 is 0 Å². The van der Waals surface area contributed by atoms with Gasteiger partial charge in [0.25, 0.3) is 11.6 Å². The van der Waals surface area contributed by atoms with Crippen LogP contribution in [0.4, 0.5) is 11.4 Å². The number of hydrogen-bond donors (Lipinski definition) is 2. The van der Waals surface area contributed by atoms with E-state index in [-0.39, 0.29) is 23.6 Å². The molecule has 2 aromatic rings. The van der Waals surface area contributed by atoms with Crippen LogP contribution < -0.4 is 15.5 Å². The Balaban J connectivity index is 2.01. The summed E-state index contributed by atoms with van der Waals surface area (Å²) in [5.74, 6) is -0.546. The number of nitro benzene ring substituents is 1. The minimum Gasteiger partial charge on any atom is -0.495 e. The molecule has 146 valence electrons. The first kappa shape index (κ1) is 20.6. The third kappa shape index (κ3) is 5.37. The van der Waals surface area contributed by atoms with Gasteiger partial charge in [0.15, 0.2) is 0 Å². The Morgan fingerprint density at radius 3 is 2.61 bits per heavy atom. The van der Waals surface area contributed by atoms with Crippen molar-refractivity contribution in [2.45, 2.75) is 20.3 Å². The number of carbonyl (C=O) groups excluding carboxylic acids is 2. The maximum Gasteiger partial charge on any atom is 0.282 e. The molecule has 2 rings (SSSR count). The van der Waals surface area contributed by atoms with E-state index in [0.29, 0.717) is 17.1 Å². The molecule has 0 heterocycles. The number of ether oxygens (including phenoxy) is 1. The smallest absolute Gasteiger partial charge is 0.282 e. The third-order valence-corrected chi connectivity index (χ3v) is 3.74. The second kappa shape index (κ2) is 9.26. The topological polar surface area (TPSA) is 123 Å². The Morgan fingerprint density at radius 2 is 1.93 bits per heavy atom. The molecule has 2 aromatic carbocycles. The van der Waals surface area contributed by atoms with E-state index in [0.717, 1.165) is 5.56 Å². The lowest BCUT2D eigenvalue weighted by atomic mass is 10.2. The zero-order valence-corrected chi connectivity index (χ0v) is 15.7. The average molecular weight is 384 g/mol. The van der Waals surface area contributed by atoms with E-state index in [1.807, 2.05) is 13.0 Å². The third-order valence-electron chi connectivity index (χ3n) is 3.74. The Kier molecular flexibility index (Phi) is 6.80. The highest BCUT2D eigenvalue weighted by molar-refractivity contribution is 6.06. The fourth-order valence-corrected chi connectivity index (χ4v) is 2.42. The second-order valence-electron chi connectivity index (χ2n) is 5.99. The van der Waals surface area contributed by atoms with Gasteiger partial charge in [-0.25, -0.2) is 5.43 Å². The van der Waals surface area contributed by atoms with Gasteiger partial charge in [-0.15, -0.1) is 0 Å². The van der Waals surface area contributed by atoms with Crippen molar-refractivity contribution in [3.63, 3.8) is 0 Å². The second-order valence-corrected chi connectivity index (χ2v) is 5.99. The largest absolute Gasteiger partial charge is 0.495 e. The number of nitro groups is 1. The lowest BCUT2D eigenvalue weighted by molar-refractivity contribution is -0.385. The van der Waals surface area contributed by atoms with E-state index in [2.05, 4.69) is 15.8 Å². The summed E-state index contributed by atoms with van der Waals surface area (Å²) in [5, 5.41) is 17.6. The Bertz CT molecular complexity index is 940. The predicted octanol–water partition coefficient (Wildman–Crippen LogP) is 3.05. The van der Waals surface area contributed by atoms with Crippen LogP contribution in [0, 0.1) is 17.0 Å². The van der Waals surface area contributed by atoms with E-state index in [9.17, 15) is 19.7 Å². The molecule has 0 aliphatic carbocycles. The maximum absolute atomic E-state index is 12.2. The van der Waals surface area contributed by atoms with Crippen molar-refractivity contribution < 1.29 is 19.2 Å². The zero-order chi connectivity index (χ0) is 20.7. The summed E-state index contributed by atoms with van der Waals surface area (Å²) < 4.78 is 5.21. The van der Waals surface area contributed by atoms with Crippen LogP contribution in [-0.4, -0.2) is 29.6 Å². The molecule has 0 aromatic heterocycles. The summed E-state index contributed by atoms with van der Waals surface area (Å²) >= 11 is 0. The molecule has 2 amide bonds. The van der Waals surface area contributed by atoms with Gasteiger partial charge in [0.05, 0.1) is 24.1 Å². The van der Waals surface area contributed by atoms with Crippen molar-refractivity contribution in [3.8, 4) is 5.75 Å². The summed E-state index contributed by atoms with van der Waals surface area (Å²) in [7, 11) is 1.51. The number of rotatable bonds is 7. The van der Waals surface area contributed by atoms with Crippen LogP contribution in [0.25, 0.3) is 0 Å². The number of anilines is 1. The van der Waals surface area contributed by atoms with Gasteiger partial charge < -0.3 is 10.1 Å². The van der Waals surface area contributed by atoms with Gasteiger partial charge in [0, 0.05) is 11.8 Å². The molecule has 0 aliphatic rings. The predicted molar refractivity (Wildman–Crippen MR) is 105 cm³/mol. The number of hydrazone groups is 1. The zero-order valence-electron chi connectivity index (χ0n) is 15.7. The SMILES string of the molecule is COc1ccc(C)cc1NC(=O)C/C(C)=N/NC(=O)c1ccccc1[N+](=O)[O-]. The van der Waals surface area contributed by atoms with Crippen LogP contribution in [0.2, 0.25) is 0 Å². The standard InChI is InChI=1S/C19H20N4O5/c1-12-8-9-17(28-3)15(10-12)20-18(24)11-13(2)21-22-19(25)14-6-4-5-7-16(14)23(26)27/h4-10H,11H2,1-3H3,(H,20,24)(H,22,25)/b21-13+. The Labute approximate surface area is 161 Å². The van der Waals surface area contributed by atoms with Gasteiger partial charge in [0.1, 0.15) is 11.3 Å². The van der Waals surface area contributed by atoms with Crippen molar-refractivity contribution in [1.82, 2.24) is 5.43 Å². The van der Waals surface area contributed by atoms with Gasteiger partial charge in [-0.2, -0.15) is 5.10 Å². The number of amides is 2. The highest BCUT2D eigenvalue weighted by atomic mass is 16.6. The summed E-state index contributed by atoms with van der Waals surface area (Å²) in [4.78, 5) is 34.7. The fourth-order valence-electron chi connectivity index (χ4n) is 2.42. The number of carbonyl (C=O) groups is 2. The molecule has 0 aliphatic heterocycles. The van der Waals surface area contributed by atoms with Crippen molar-refractivity contribution >= 4 is 28.9 Å². The maximum atomic E-state index is 12.2. The molecule has 0 radical (unpaired) electrons. The van der Waals surface area contributed by atoms with Crippen molar-refractivity contribution in [2.24, 2.45) is 5.10 Å². The number of benzene rings is 2.